The molecule has 33 heavy (non-hydrogen) atoms. The molecule has 11 heteroatoms. The number of carbonyl (C=O) groups is 2. The van der Waals surface area contributed by atoms with Gasteiger partial charge in [0.15, 0.2) is 0 Å². The van der Waals surface area contributed by atoms with Gasteiger partial charge in [0.05, 0.1) is 26.9 Å². The lowest BCUT2D eigenvalue weighted by atomic mass is 10.1. The summed E-state index contributed by atoms with van der Waals surface area (Å²) in [5, 5.41) is 18.3. The summed E-state index contributed by atoms with van der Waals surface area (Å²) in [6.45, 7) is 1.67. The molecule has 0 aromatic heterocycles. The van der Waals surface area contributed by atoms with Crippen LogP contribution in [0.25, 0.3) is 0 Å². The lowest BCUT2D eigenvalue weighted by molar-refractivity contribution is -0.384. The number of nitro groups is 1. The molecule has 0 radical (unpaired) electrons. The molecule has 3 aromatic carbocycles. The molecule has 0 bridgehead atoms. The molecule has 0 atom stereocenters. The van der Waals surface area contributed by atoms with Gasteiger partial charge in [0.25, 0.3) is 17.5 Å². The van der Waals surface area contributed by atoms with Crippen molar-refractivity contribution in [1.29, 1.82) is 0 Å². The van der Waals surface area contributed by atoms with Crippen molar-refractivity contribution in [2.45, 2.75) is 6.92 Å². The highest BCUT2D eigenvalue weighted by molar-refractivity contribution is 6.37. The maximum Gasteiger partial charge on any atom is 0.287 e. The van der Waals surface area contributed by atoms with Crippen LogP contribution in [0.4, 0.5) is 11.4 Å². The van der Waals surface area contributed by atoms with Crippen LogP contribution < -0.4 is 10.7 Å². The summed E-state index contributed by atoms with van der Waals surface area (Å²) in [5.41, 5.74) is 3.62. The van der Waals surface area contributed by atoms with Gasteiger partial charge in [-0.3, -0.25) is 19.7 Å². The van der Waals surface area contributed by atoms with Gasteiger partial charge in [-0.15, -0.1) is 0 Å². The molecule has 0 aliphatic heterocycles. The minimum Gasteiger partial charge on any atom is -0.321 e. The summed E-state index contributed by atoms with van der Waals surface area (Å²) in [5.74, 6) is -1.17. The van der Waals surface area contributed by atoms with Crippen molar-refractivity contribution in [2.24, 2.45) is 5.10 Å². The van der Waals surface area contributed by atoms with E-state index in [1.165, 1.54) is 24.3 Å². The largest absolute Gasteiger partial charge is 0.321 e. The molecule has 8 nitrogen and oxygen atoms in total. The number of anilines is 1. The third-order valence-electron chi connectivity index (χ3n) is 4.47. The number of nitro benzene ring substituents is 1. The van der Waals surface area contributed by atoms with Crippen LogP contribution in [0.15, 0.2) is 65.8 Å². The van der Waals surface area contributed by atoms with Crippen LogP contribution in [-0.2, 0) is 0 Å². The van der Waals surface area contributed by atoms with Crippen molar-refractivity contribution in [3.63, 3.8) is 0 Å². The third-order valence-corrected chi connectivity index (χ3v) is 5.32. The van der Waals surface area contributed by atoms with E-state index in [0.717, 1.165) is 6.07 Å². The fourth-order valence-corrected chi connectivity index (χ4v) is 3.61. The third kappa shape index (κ3) is 5.87. The van der Waals surface area contributed by atoms with E-state index >= 15 is 0 Å². The summed E-state index contributed by atoms with van der Waals surface area (Å²) in [6, 6.07) is 14.8. The van der Waals surface area contributed by atoms with Crippen molar-refractivity contribution in [2.75, 3.05) is 5.32 Å². The lowest BCUT2D eigenvalue weighted by Gasteiger charge is -2.11. The number of carbonyl (C=O) groups excluding carboxylic acids is 2. The number of nitrogens with one attached hydrogen (secondary N) is 2. The van der Waals surface area contributed by atoms with Gasteiger partial charge in [0.2, 0.25) is 0 Å². The first-order chi connectivity index (χ1) is 15.7. The van der Waals surface area contributed by atoms with Crippen LogP contribution in [0.3, 0.4) is 0 Å². The topological polar surface area (TPSA) is 114 Å². The quantitative estimate of drug-likeness (QED) is 0.244. The Bertz CT molecular complexity index is 1290. The Labute approximate surface area is 203 Å². The second kappa shape index (κ2) is 10.4. The number of benzene rings is 3. The van der Waals surface area contributed by atoms with Gasteiger partial charge in [-0.05, 0) is 43.3 Å². The monoisotopic (exact) mass is 504 g/mol. The summed E-state index contributed by atoms with van der Waals surface area (Å²) in [6.07, 6.45) is 0. The number of hydrogen-bond donors (Lipinski definition) is 2. The minimum absolute atomic E-state index is 0.0899. The Morgan fingerprint density at radius 2 is 1.64 bits per heavy atom. The molecule has 3 aromatic rings. The Kier molecular flexibility index (Phi) is 7.65. The molecule has 0 fully saturated rings. The second-order valence-corrected chi connectivity index (χ2v) is 7.94. The molecule has 3 rings (SSSR count). The summed E-state index contributed by atoms with van der Waals surface area (Å²) in [4.78, 5) is 35.6. The molecule has 0 aliphatic carbocycles. The average molecular weight is 506 g/mol. The van der Waals surface area contributed by atoms with Crippen LogP contribution in [0, 0.1) is 10.1 Å². The number of para-hydroxylation sites is 1. The summed E-state index contributed by atoms with van der Waals surface area (Å²) < 4.78 is 0. The highest BCUT2D eigenvalue weighted by Gasteiger charge is 2.18. The van der Waals surface area contributed by atoms with Gasteiger partial charge >= 0.3 is 0 Å². The Morgan fingerprint density at radius 3 is 2.30 bits per heavy atom. The number of amides is 2. The number of rotatable bonds is 6. The zero-order valence-electron chi connectivity index (χ0n) is 16.9. The Hall–Kier alpha value is -3.46. The number of nitrogens with zero attached hydrogens (tertiary/aromatic N) is 2. The summed E-state index contributed by atoms with van der Waals surface area (Å²) >= 11 is 17.9. The first-order valence-corrected chi connectivity index (χ1v) is 10.4. The average Bonchev–Trinajstić information content (AvgIpc) is 2.77. The molecule has 0 spiro atoms. The normalized spacial score (nSPS) is 11.1. The van der Waals surface area contributed by atoms with E-state index in [1.54, 1.807) is 37.3 Å². The van der Waals surface area contributed by atoms with Crippen molar-refractivity contribution in [3.05, 3.63) is 103 Å². The predicted molar refractivity (Wildman–Crippen MR) is 129 cm³/mol. The number of halogens is 3. The van der Waals surface area contributed by atoms with Crippen molar-refractivity contribution in [3.8, 4) is 0 Å². The maximum atomic E-state index is 12.7. The SMILES string of the molecule is C/C(=N\NC(=O)c1ccccc1NC(=O)c1ccc([N+](=O)[O-])c(Cl)c1)c1ccc(Cl)cc1Cl. The smallest absolute Gasteiger partial charge is 0.287 e. The maximum absolute atomic E-state index is 12.7. The lowest BCUT2D eigenvalue weighted by Crippen LogP contribution is -2.22. The van der Waals surface area contributed by atoms with Crippen LogP contribution in [0.2, 0.25) is 15.1 Å². The van der Waals surface area contributed by atoms with E-state index in [2.05, 4.69) is 15.8 Å². The molecule has 2 amide bonds. The van der Waals surface area contributed by atoms with Crippen LogP contribution in [0.5, 0.6) is 0 Å². The van der Waals surface area contributed by atoms with E-state index in [4.69, 9.17) is 34.8 Å². The van der Waals surface area contributed by atoms with E-state index < -0.39 is 16.7 Å². The van der Waals surface area contributed by atoms with E-state index in [0.29, 0.717) is 21.3 Å². The highest BCUT2D eigenvalue weighted by Crippen LogP contribution is 2.26. The number of hydrogen-bond acceptors (Lipinski definition) is 5. The number of hydrazone groups is 1. The van der Waals surface area contributed by atoms with E-state index in [1.807, 2.05) is 0 Å². The Morgan fingerprint density at radius 1 is 0.909 bits per heavy atom. The van der Waals surface area contributed by atoms with Crippen molar-refractivity contribution >= 4 is 63.7 Å². The van der Waals surface area contributed by atoms with Gasteiger partial charge in [-0.25, -0.2) is 5.43 Å². The van der Waals surface area contributed by atoms with Crippen molar-refractivity contribution < 1.29 is 14.5 Å². The highest BCUT2D eigenvalue weighted by atomic mass is 35.5. The predicted octanol–water partition coefficient (Wildman–Crippen LogP) is 5.96. The second-order valence-electron chi connectivity index (χ2n) is 6.69. The first-order valence-electron chi connectivity index (χ1n) is 9.31. The molecule has 0 saturated carbocycles. The molecule has 0 aliphatic rings. The molecule has 0 heterocycles. The van der Waals surface area contributed by atoms with Gasteiger partial charge in [0.1, 0.15) is 5.02 Å². The molecule has 0 saturated heterocycles. The zero-order valence-corrected chi connectivity index (χ0v) is 19.2. The molecule has 2 N–H and O–H groups in total. The molecule has 168 valence electrons. The zero-order chi connectivity index (χ0) is 24.1. The molecular weight excluding hydrogens is 491 g/mol. The van der Waals surface area contributed by atoms with Gasteiger partial charge in [-0.1, -0.05) is 53.0 Å². The van der Waals surface area contributed by atoms with E-state index in [9.17, 15) is 19.7 Å². The summed E-state index contributed by atoms with van der Waals surface area (Å²) in [7, 11) is 0. The first kappa shape index (κ1) is 24.2. The molecular formula is C22H15Cl3N4O4. The van der Waals surface area contributed by atoms with Crippen LogP contribution in [0.1, 0.15) is 33.2 Å². The standard InChI is InChI=1S/C22H15Cl3N4O4/c1-12(15-8-7-14(23)11-17(15)24)27-28-22(31)16-4-2-3-5-19(16)26-21(30)13-6-9-20(29(32)33)18(25)10-13/h2-11H,1H3,(H,26,30)(H,28,31)/b27-12+. The minimum atomic E-state index is -0.649. The fraction of sp³-hybridized carbons (Fsp3) is 0.0455. The van der Waals surface area contributed by atoms with Crippen LogP contribution >= 0.6 is 34.8 Å². The Balaban J connectivity index is 1.78. The van der Waals surface area contributed by atoms with E-state index in [-0.39, 0.29) is 27.5 Å². The molecule has 0 unspecified atom stereocenters. The van der Waals surface area contributed by atoms with Crippen LogP contribution in [-0.4, -0.2) is 22.4 Å². The van der Waals surface area contributed by atoms with Gasteiger partial charge < -0.3 is 5.32 Å². The fourth-order valence-electron chi connectivity index (χ4n) is 2.82. The van der Waals surface area contributed by atoms with Gasteiger partial charge in [-0.2, -0.15) is 5.10 Å². The van der Waals surface area contributed by atoms with Crippen molar-refractivity contribution in [1.82, 2.24) is 5.43 Å². The van der Waals surface area contributed by atoms with Gasteiger partial charge in [0, 0.05) is 22.2 Å².